The van der Waals surface area contributed by atoms with Gasteiger partial charge in [-0.1, -0.05) is 0 Å². The van der Waals surface area contributed by atoms with Gasteiger partial charge in [0.1, 0.15) is 18.2 Å². The third kappa shape index (κ3) is 6.83. The van der Waals surface area contributed by atoms with Crippen LogP contribution in [0.4, 0.5) is 10.6 Å². The van der Waals surface area contributed by atoms with Gasteiger partial charge in [0.05, 0.1) is 11.2 Å². The number of nitrogens with two attached hydrogens (primary N) is 2. The number of benzene rings is 1. The molecule has 1 aromatic heterocycles. The van der Waals surface area contributed by atoms with Gasteiger partial charge in [0.2, 0.25) is 5.91 Å². The fourth-order valence-electron chi connectivity index (χ4n) is 5.79. The topological polar surface area (TPSA) is 152 Å². The van der Waals surface area contributed by atoms with E-state index in [1.807, 2.05) is 24.3 Å². The second-order valence-electron chi connectivity index (χ2n) is 11.7. The summed E-state index contributed by atoms with van der Waals surface area (Å²) in [6, 6.07) is 8.83. The number of likely N-dealkylation sites (tertiary alicyclic amines) is 1. The summed E-state index contributed by atoms with van der Waals surface area (Å²) in [5.41, 5.74) is 10.9. The third-order valence-electron chi connectivity index (χ3n) is 8.35. The van der Waals surface area contributed by atoms with Crippen molar-refractivity contribution in [2.24, 2.45) is 29.2 Å². The van der Waals surface area contributed by atoms with Crippen LogP contribution in [0.2, 0.25) is 0 Å². The second-order valence-corrected chi connectivity index (χ2v) is 11.7. The van der Waals surface area contributed by atoms with Crippen LogP contribution in [-0.2, 0) is 4.79 Å². The number of piperazine rings is 1. The van der Waals surface area contributed by atoms with E-state index in [9.17, 15) is 14.4 Å². The van der Waals surface area contributed by atoms with Crippen molar-refractivity contribution in [2.75, 3.05) is 57.7 Å². The highest BCUT2D eigenvalue weighted by Gasteiger charge is 2.55. The molecule has 224 valence electrons. The highest BCUT2D eigenvalue weighted by molar-refractivity contribution is 5.89. The fourth-order valence-corrected chi connectivity index (χ4v) is 5.79. The monoisotopic (exact) mass is 588 g/mol. The van der Waals surface area contributed by atoms with Gasteiger partial charge in [-0.25, -0.2) is 9.59 Å². The minimum Gasteiger partial charge on any atom is -0.492 e. The first kappa shape index (κ1) is 30.8. The Bertz CT molecular complexity index is 1280. The lowest BCUT2D eigenvalue weighted by atomic mass is 10.1. The lowest BCUT2D eigenvalue weighted by Gasteiger charge is -2.37. The van der Waals surface area contributed by atoms with Crippen LogP contribution in [0.5, 0.6) is 5.75 Å². The van der Waals surface area contributed by atoms with Gasteiger partial charge in [-0.3, -0.25) is 19.6 Å². The van der Waals surface area contributed by atoms with E-state index in [-0.39, 0.29) is 30.2 Å². The van der Waals surface area contributed by atoms with Crippen molar-refractivity contribution in [3.8, 4) is 11.4 Å². The van der Waals surface area contributed by atoms with E-state index < -0.39 is 11.2 Å². The SMILES string of the molecule is CC(COc1ccc(-n2ccc(NC(=O)N3CCN(C(=O)C(C)(C)N)CC3)nc2=O)cc1)N1CC2C(CN)C2C1.Cl. The van der Waals surface area contributed by atoms with Crippen molar-refractivity contribution in [3.63, 3.8) is 0 Å². The van der Waals surface area contributed by atoms with E-state index in [2.05, 4.69) is 22.1 Å². The molecule has 1 aromatic carbocycles. The molecule has 2 aliphatic heterocycles. The molecule has 3 unspecified atom stereocenters. The maximum atomic E-state index is 12.7. The minimum atomic E-state index is -0.951. The number of fused-ring (bicyclic) bond motifs is 1. The van der Waals surface area contributed by atoms with E-state index in [1.54, 1.807) is 35.9 Å². The molecule has 41 heavy (non-hydrogen) atoms. The maximum absolute atomic E-state index is 12.7. The van der Waals surface area contributed by atoms with Crippen LogP contribution in [0.15, 0.2) is 41.3 Å². The zero-order valence-corrected chi connectivity index (χ0v) is 24.7. The van der Waals surface area contributed by atoms with Crippen molar-refractivity contribution in [3.05, 3.63) is 47.0 Å². The Balaban J connectivity index is 0.00000387. The predicted molar refractivity (Wildman–Crippen MR) is 159 cm³/mol. The van der Waals surface area contributed by atoms with Crippen LogP contribution >= 0.6 is 12.4 Å². The van der Waals surface area contributed by atoms with Gasteiger partial charge in [0.25, 0.3) is 0 Å². The Hall–Kier alpha value is -3.19. The summed E-state index contributed by atoms with van der Waals surface area (Å²) < 4.78 is 7.42. The van der Waals surface area contributed by atoms with E-state index in [4.69, 9.17) is 16.2 Å². The van der Waals surface area contributed by atoms with Crippen LogP contribution in [-0.4, -0.2) is 100 Å². The average molecular weight is 589 g/mol. The van der Waals surface area contributed by atoms with Gasteiger partial charge < -0.3 is 26.0 Å². The first-order chi connectivity index (χ1) is 19.0. The van der Waals surface area contributed by atoms with Gasteiger partial charge in [-0.2, -0.15) is 4.98 Å². The van der Waals surface area contributed by atoms with Crippen LogP contribution in [0.25, 0.3) is 5.69 Å². The highest BCUT2D eigenvalue weighted by Crippen LogP contribution is 2.51. The van der Waals surface area contributed by atoms with Gasteiger partial charge in [-0.05, 0) is 75.4 Å². The number of halogens is 1. The molecule has 2 saturated heterocycles. The number of carbonyl (C=O) groups excluding carboxylic acids is 2. The zero-order valence-electron chi connectivity index (χ0n) is 23.9. The summed E-state index contributed by atoms with van der Waals surface area (Å²) in [6.07, 6.45) is 1.58. The Morgan fingerprint density at radius 2 is 1.68 bits per heavy atom. The lowest BCUT2D eigenvalue weighted by molar-refractivity contribution is -0.137. The number of ether oxygens (including phenoxy) is 1. The summed E-state index contributed by atoms with van der Waals surface area (Å²) in [4.78, 5) is 47.5. The van der Waals surface area contributed by atoms with Gasteiger partial charge in [0, 0.05) is 51.5 Å². The second kappa shape index (κ2) is 12.4. The Morgan fingerprint density at radius 3 is 2.24 bits per heavy atom. The largest absolute Gasteiger partial charge is 0.492 e. The van der Waals surface area contributed by atoms with Crippen molar-refractivity contribution in [1.82, 2.24) is 24.3 Å². The number of nitrogens with one attached hydrogen (secondary N) is 1. The number of hydrogen-bond donors (Lipinski definition) is 3. The van der Waals surface area contributed by atoms with E-state index in [0.29, 0.717) is 50.4 Å². The molecular formula is C28H41ClN8O4. The number of amides is 3. The number of aromatic nitrogens is 2. The van der Waals surface area contributed by atoms with Gasteiger partial charge in [0.15, 0.2) is 0 Å². The first-order valence-electron chi connectivity index (χ1n) is 14.0. The molecule has 3 fully saturated rings. The summed E-state index contributed by atoms with van der Waals surface area (Å²) in [5, 5.41) is 2.68. The molecule has 0 spiro atoms. The Morgan fingerprint density at radius 1 is 1.07 bits per heavy atom. The normalized spacial score (nSPS) is 22.9. The zero-order chi connectivity index (χ0) is 28.6. The smallest absolute Gasteiger partial charge is 0.354 e. The molecule has 5 rings (SSSR count). The third-order valence-corrected chi connectivity index (χ3v) is 8.35. The van der Waals surface area contributed by atoms with Gasteiger partial charge in [-0.15, -0.1) is 12.4 Å². The number of hydrogen-bond acceptors (Lipinski definition) is 8. The van der Waals surface area contributed by atoms with Crippen molar-refractivity contribution >= 4 is 30.2 Å². The maximum Gasteiger partial charge on any atom is 0.354 e. The average Bonchev–Trinajstić information content (AvgIpc) is 3.41. The van der Waals surface area contributed by atoms with Crippen LogP contribution in [0.1, 0.15) is 20.8 Å². The lowest BCUT2D eigenvalue weighted by Crippen LogP contribution is -2.58. The molecule has 5 N–H and O–H groups in total. The fraction of sp³-hybridized carbons (Fsp3) is 0.571. The van der Waals surface area contributed by atoms with Crippen molar-refractivity contribution in [2.45, 2.75) is 32.4 Å². The number of piperidine rings is 1. The molecule has 1 aliphatic carbocycles. The van der Waals surface area contributed by atoms with Gasteiger partial charge >= 0.3 is 11.7 Å². The van der Waals surface area contributed by atoms with Crippen molar-refractivity contribution < 1.29 is 14.3 Å². The molecule has 1 saturated carbocycles. The van der Waals surface area contributed by atoms with E-state index in [0.717, 1.165) is 37.2 Å². The number of urea groups is 1. The molecule has 0 bridgehead atoms. The van der Waals surface area contributed by atoms with Crippen LogP contribution in [0, 0.1) is 17.8 Å². The summed E-state index contributed by atoms with van der Waals surface area (Å²) in [6.45, 7) is 10.7. The van der Waals surface area contributed by atoms with E-state index in [1.165, 1.54) is 4.57 Å². The van der Waals surface area contributed by atoms with Crippen LogP contribution in [0.3, 0.4) is 0 Å². The van der Waals surface area contributed by atoms with Crippen LogP contribution < -0.4 is 27.2 Å². The quantitative estimate of drug-likeness (QED) is 0.412. The number of anilines is 1. The first-order valence-corrected chi connectivity index (χ1v) is 14.0. The molecule has 13 heteroatoms. The number of rotatable bonds is 8. The van der Waals surface area contributed by atoms with E-state index >= 15 is 0 Å². The Kier molecular flexibility index (Phi) is 9.27. The predicted octanol–water partition coefficient (Wildman–Crippen LogP) is 0.972. The molecule has 12 nitrogen and oxygen atoms in total. The molecule has 3 amide bonds. The Labute approximate surface area is 246 Å². The molecule has 2 aromatic rings. The summed E-state index contributed by atoms with van der Waals surface area (Å²) >= 11 is 0. The number of carbonyl (C=O) groups is 2. The molecule has 0 radical (unpaired) electrons. The van der Waals surface area contributed by atoms with Crippen molar-refractivity contribution in [1.29, 1.82) is 0 Å². The standard InChI is InChI=1S/C28H40N8O4.ClH/c1-18(35-15-22-21(14-29)23(22)16-35)17-40-20-6-4-19(5-7-20)36-9-8-24(32-27(36)39)31-26(38)34-12-10-33(11-13-34)25(37)28(2,3)30;/h4-9,18,21-23H,10-17,29-30H2,1-3H3,(H,31,32,38,39);1H. The summed E-state index contributed by atoms with van der Waals surface area (Å²) in [5.74, 6) is 2.99. The molecular weight excluding hydrogens is 548 g/mol. The molecule has 3 atom stereocenters. The highest BCUT2D eigenvalue weighted by atomic mass is 35.5. The molecule has 3 aliphatic rings. The summed E-state index contributed by atoms with van der Waals surface area (Å²) in [7, 11) is 0. The minimum absolute atomic E-state index is 0. The molecule has 3 heterocycles. The number of nitrogens with zero attached hydrogens (tertiary/aromatic N) is 5.